The summed E-state index contributed by atoms with van der Waals surface area (Å²) in [6.07, 6.45) is 1.76. The van der Waals surface area contributed by atoms with Gasteiger partial charge >= 0.3 is 6.08 Å². The Morgan fingerprint density at radius 3 is 2.29 bits per heavy atom. The number of ether oxygens (including phenoxy) is 3. The highest BCUT2D eigenvalue weighted by Gasteiger charge is 2.09. The summed E-state index contributed by atoms with van der Waals surface area (Å²) >= 11 is 0. The van der Waals surface area contributed by atoms with Crippen LogP contribution in [-0.2, 0) is 6.54 Å². The van der Waals surface area contributed by atoms with Gasteiger partial charge in [-0.15, -0.1) is 0 Å². The zero-order valence-electron chi connectivity index (χ0n) is 12.7. The molecule has 1 N–H and O–H groups in total. The number of oxazole rings is 1. The van der Waals surface area contributed by atoms with E-state index in [2.05, 4.69) is 24.1 Å². The lowest BCUT2D eigenvalue weighted by Crippen LogP contribution is -2.21. The summed E-state index contributed by atoms with van der Waals surface area (Å²) in [5, 5.41) is 3.26. The molecule has 21 heavy (non-hydrogen) atoms. The molecule has 114 valence electrons. The number of nitrogens with one attached hydrogen (secondary N) is 1. The maximum atomic E-state index is 5.59. The lowest BCUT2D eigenvalue weighted by atomic mass is 10.3. The third-order valence-corrected chi connectivity index (χ3v) is 2.75. The van der Waals surface area contributed by atoms with Crippen molar-refractivity contribution < 1.29 is 18.6 Å². The van der Waals surface area contributed by atoms with Crippen molar-refractivity contribution in [1.82, 2.24) is 10.3 Å². The van der Waals surface area contributed by atoms with Crippen LogP contribution in [0.3, 0.4) is 0 Å². The van der Waals surface area contributed by atoms with Crippen LogP contribution in [0.2, 0.25) is 0 Å². The van der Waals surface area contributed by atoms with Crippen molar-refractivity contribution >= 4 is 0 Å². The number of aromatic nitrogens is 1. The van der Waals surface area contributed by atoms with Gasteiger partial charge in [0.1, 0.15) is 23.5 Å². The monoisotopic (exact) mass is 292 g/mol. The minimum Gasteiger partial charge on any atom is -0.496 e. The van der Waals surface area contributed by atoms with Gasteiger partial charge in [-0.05, 0) is 0 Å². The number of nitrogens with zero attached hydrogens (tertiary/aromatic N) is 1. The number of methoxy groups -OCH3 is 2. The number of hydrogen-bond donors (Lipinski definition) is 1. The summed E-state index contributed by atoms with van der Waals surface area (Å²) in [6, 6.07) is 5.62. The van der Waals surface area contributed by atoms with Crippen molar-refractivity contribution in [3.63, 3.8) is 0 Å². The van der Waals surface area contributed by atoms with Gasteiger partial charge < -0.3 is 23.9 Å². The average Bonchev–Trinajstić information content (AvgIpc) is 2.92. The third kappa shape index (κ3) is 4.39. The molecule has 6 heteroatoms. The van der Waals surface area contributed by atoms with E-state index in [4.69, 9.17) is 18.6 Å². The van der Waals surface area contributed by atoms with E-state index >= 15 is 0 Å². The molecule has 1 aromatic heterocycles. The van der Waals surface area contributed by atoms with E-state index in [0.29, 0.717) is 29.8 Å². The Labute approximate surface area is 124 Å². The second kappa shape index (κ2) is 6.99. The highest BCUT2D eigenvalue weighted by atomic mass is 16.6. The number of benzene rings is 1. The highest BCUT2D eigenvalue weighted by Crippen LogP contribution is 2.30. The van der Waals surface area contributed by atoms with Gasteiger partial charge in [-0.25, -0.2) is 0 Å². The van der Waals surface area contributed by atoms with E-state index < -0.39 is 0 Å². The standard InChI is InChI=1S/C15H20N2O4/c1-10(2)16-8-11-9-20-15(17-11)21-14-6-12(18-3)5-13(7-14)19-4/h5-7,9-10,16H,8H2,1-4H3. The van der Waals surface area contributed by atoms with Crippen LogP contribution in [0.4, 0.5) is 0 Å². The Bertz CT molecular complexity index is 559. The third-order valence-electron chi connectivity index (χ3n) is 2.75. The molecular formula is C15H20N2O4. The highest BCUT2D eigenvalue weighted by molar-refractivity contribution is 5.42. The molecule has 0 saturated carbocycles. The Kier molecular flexibility index (Phi) is 5.05. The second-order valence-electron chi connectivity index (χ2n) is 4.79. The van der Waals surface area contributed by atoms with Crippen LogP contribution >= 0.6 is 0 Å². The molecule has 0 fully saturated rings. The topological polar surface area (TPSA) is 65.8 Å². The van der Waals surface area contributed by atoms with Crippen LogP contribution in [0.5, 0.6) is 23.3 Å². The predicted molar refractivity (Wildman–Crippen MR) is 78.1 cm³/mol. The average molecular weight is 292 g/mol. The van der Waals surface area contributed by atoms with Gasteiger partial charge in [0, 0.05) is 30.8 Å². The van der Waals surface area contributed by atoms with Gasteiger partial charge in [0.25, 0.3) is 0 Å². The molecule has 1 aromatic carbocycles. The van der Waals surface area contributed by atoms with Crippen LogP contribution in [0, 0.1) is 0 Å². The molecule has 0 aliphatic heterocycles. The van der Waals surface area contributed by atoms with E-state index in [1.165, 1.54) is 0 Å². The summed E-state index contributed by atoms with van der Waals surface area (Å²) < 4.78 is 21.2. The molecule has 0 bridgehead atoms. The zero-order valence-corrected chi connectivity index (χ0v) is 12.7. The normalized spacial score (nSPS) is 10.7. The van der Waals surface area contributed by atoms with Crippen LogP contribution in [0.15, 0.2) is 28.9 Å². The summed E-state index contributed by atoms with van der Waals surface area (Å²) in [4.78, 5) is 4.26. The second-order valence-corrected chi connectivity index (χ2v) is 4.79. The lowest BCUT2D eigenvalue weighted by Gasteiger charge is -2.07. The van der Waals surface area contributed by atoms with Gasteiger partial charge in [0.15, 0.2) is 0 Å². The minimum absolute atomic E-state index is 0.186. The smallest absolute Gasteiger partial charge is 0.399 e. The van der Waals surface area contributed by atoms with Crippen LogP contribution < -0.4 is 19.5 Å². The molecule has 0 spiro atoms. The van der Waals surface area contributed by atoms with E-state index in [0.717, 1.165) is 5.69 Å². The van der Waals surface area contributed by atoms with Crippen molar-refractivity contribution in [3.05, 3.63) is 30.2 Å². The molecule has 1 heterocycles. The molecule has 2 rings (SSSR count). The maximum absolute atomic E-state index is 5.59. The van der Waals surface area contributed by atoms with E-state index in [-0.39, 0.29) is 6.08 Å². The van der Waals surface area contributed by atoms with Gasteiger partial charge in [0.05, 0.1) is 19.9 Å². The first-order chi connectivity index (χ1) is 10.1. The number of rotatable bonds is 7. The molecule has 0 aliphatic carbocycles. The molecule has 0 amide bonds. The van der Waals surface area contributed by atoms with E-state index in [1.807, 2.05) is 0 Å². The number of hydrogen-bond acceptors (Lipinski definition) is 6. The molecular weight excluding hydrogens is 272 g/mol. The fourth-order valence-electron chi connectivity index (χ4n) is 1.67. The van der Waals surface area contributed by atoms with Crippen molar-refractivity contribution in [2.75, 3.05) is 14.2 Å². The molecule has 0 unspecified atom stereocenters. The summed E-state index contributed by atoms with van der Waals surface area (Å²) in [5.74, 6) is 1.81. The predicted octanol–water partition coefficient (Wildman–Crippen LogP) is 2.98. The Morgan fingerprint density at radius 2 is 1.71 bits per heavy atom. The molecule has 0 aliphatic rings. The SMILES string of the molecule is COc1cc(OC)cc(Oc2nc(CNC(C)C)co2)c1. The Hall–Kier alpha value is -2.21. The molecule has 0 saturated heterocycles. The first kappa shape index (κ1) is 15.2. The molecule has 2 aromatic rings. The quantitative estimate of drug-likeness (QED) is 0.846. The molecule has 0 atom stereocenters. The van der Waals surface area contributed by atoms with Gasteiger partial charge in [0.2, 0.25) is 0 Å². The van der Waals surface area contributed by atoms with Crippen molar-refractivity contribution in [2.24, 2.45) is 0 Å². The fourth-order valence-corrected chi connectivity index (χ4v) is 1.67. The summed E-state index contributed by atoms with van der Waals surface area (Å²) in [7, 11) is 3.17. The maximum Gasteiger partial charge on any atom is 0.399 e. The first-order valence-electron chi connectivity index (χ1n) is 6.69. The van der Waals surface area contributed by atoms with Crippen LogP contribution in [-0.4, -0.2) is 25.2 Å². The van der Waals surface area contributed by atoms with E-state index in [9.17, 15) is 0 Å². The summed E-state index contributed by atoms with van der Waals surface area (Å²) in [5.41, 5.74) is 0.786. The van der Waals surface area contributed by atoms with Crippen molar-refractivity contribution in [2.45, 2.75) is 26.4 Å². The largest absolute Gasteiger partial charge is 0.496 e. The minimum atomic E-state index is 0.186. The zero-order chi connectivity index (χ0) is 15.2. The van der Waals surface area contributed by atoms with Crippen LogP contribution in [0.1, 0.15) is 19.5 Å². The molecule has 6 nitrogen and oxygen atoms in total. The lowest BCUT2D eigenvalue weighted by molar-refractivity contribution is 0.325. The fraction of sp³-hybridized carbons (Fsp3) is 0.400. The van der Waals surface area contributed by atoms with E-state index in [1.54, 1.807) is 38.7 Å². The summed E-state index contributed by atoms with van der Waals surface area (Å²) in [6.45, 7) is 4.77. The Morgan fingerprint density at radius 1 is 1.10 bits per heavy atom. The van der Waals surface area contributed by atoms with Gasteiger partial charge in [-0.3, -0.25) is 0 Å². The van der Waals surface area contributed by atoms with Gasteiger partial charge in [-0.2, -0.15) is 4.98 Å². The Balaban J connectivity index is 2.07. The molecule has 0 radical (unpaired) electrons. The van der Waals surface area contributed by atoms with Gasteiger partial charge in [-0.1, -0.05) is 13.8 Å². The van der Waals surface area contributed by atoms with Crippen molar-refractivity contribution in [3.8, 4) is 23.3 Å². The first-order valence-corrected chi connectivity index (χ1v) is 6.69. The van der Waals surface area contributed by atoms with Crippen LogP contribution in [0.25, 0.3) is 0 Å². The van der Waals surface area contributed by atoms with Crippen molar-refractivity contribution in [1.29, 1.82) is 0 Å².